The van der Waals surface area contributed by atoms with Gasteiger partial charge in [-0.3, -0.25) is 4.79 Å². The summed E-state index contributed by atoms with van der Waals surface area (Å²) in [4.78, 5) is 15.9. The third-order valence-electron chi connectivity index (χ3n) is 3.33. The summed E-state index contributed by atoms with van der Waals surface area (Å²) < 4.78 is 24.2. The van der Waals surface area contributed by atoms with E-state index in [0.29, 0.717) is 28.5 Å². The van der Waals surface area contributed by atoms with E-state index in [0.717, 1.165) is 0 Å². The summed E-state index contributed by atoms with van der Waals surface area (Å²) in [5.41, 5.74) is 1.64. The van der Waals surface area contributed by atoms with Crippen LogP contribution in [0.15, 0.2) is 59.2 Å². The van der Waals surface area contributed by atoms with Crippen LogP contribution < -0.4 is 10.1 Å². The Morgan fingerprint density at radius 3 is 2.88 bits per heavy atom. The van der Waals surface area contributed by atoms with Crippen molar-refractivity contribution in [2.75, 3.05) is 7.05 Å². The van der Waals surface area contributed by atoms with Crippen LogP contribution in [0.4, 0.5) is 4.39 Å². The van der Waals surface area contributed by atoms with Gasteiger partial charge < -0.3 is 14.5 Å². The molecule has 3 aromatic rings. The Kier molecular flexibility index (Phi) is 4.56. The number of hydrogen-bond donors (Lipinski definition) is 1. The summed E-state index contributed by atoms with van der Waals surface area (Å²) in [7, 11) is 1.57. The number of nitrogens with one attached hydrogen (secondary N) is 1. The highest BCUT2D eigenvalue weighted by Gasteiger charge is 2.09. The normalized spacial score (nSPS) is 10.4. The molecule has 5 nitrogen and oxygen atoms in total. The molecule has 0 bridgehead atoms. The van der Waals surface area contributed by atoms with E-state index in [9.17, 15) is 9.18 Å². The average Bonchev–Trinajstić information content (AvgIpc) is 3.08. The van der Waals surface area contributed by atoms with E-state index in [4.69, 9.17) is 9.15 Å². The zero-order valence-electron chi connectivity index (χ0n) is 13.0. The van der Waals surface area contributed by atoms with Crippen molar-refractivity contribution in [3.8, 4) is 17.2 Å². The van der Waals surface area contributed by atoms with Crippen LogP contribution in [0, 0.1) is 5.82 Å². The van der Waals surface area contributed by atoms with Gasteiger partial charge in [0, 0.05) is 18.2 Å². The van der Waals surface area contributed by atoms with Crippen LogP contribution in [0.3, 0.4) is 0 Å². The van der Waals surface area contributed by atoms with Gasteiger partial charge in [-0.15, -0.1) is 0 Å². The number of halogens is 1. The largest absolute Gasteiger partial charge is 0.487 e. The summed E-state index contributed by atoms with van der Waals surface area (Å²) in [6.45, 7) is 0.177. The van der Waals surface area contributed by atoms with E-state index in [1.54, 1.807) is 43.4 Å². The number of aromatic nitrogens is 1. The Bertz CT molecular complexity index is 861. The molecule has 24 heavy (non-hydrogen) atoms. The minimum Gasteiger partial charge on any atom is -0.487 e. The van der Waals surface area contributed by atoms with Crippen LogP contribution in [0.25, 0.3) is 11.5 Å². The Hall–Kier alpha value is -3.15. The summed E-state index contributed by atoms with van der Waals surface area (Å²) in [5, 5.41) is 2.56. The average molecular weight is 326 g/mol. The molecule has 1 amide bonds. The third-order valence-corrected chi connectivity index (χ3v) is 3.33. The Morgan fingerprint density at radius 2 is 2.08 bits per heavy atom. The summed E-state index contributed by atoms with van der Waals surface area (Å²) >= 11 is 0. The predicted molar refractivity (Wildman–Crippen MR) is 86.1 cm³/mol. The molecule has 0 saturated carbocycles. The SMILES string of the molecule is CNC(=O)c1cccc(OCc2coc(-c3cccc(F)c3)n2)c1. The molecule has 0 aliphatic carbocycles. The molecule has 0 saturated heterocycles. The van der Waals surface area contributed by atoms with Crippen molar-refractivity contribution in [1.29, 1.82) is 0 Å². The molecule has 122 valence electrons. The van der Waals surface area contributed by atoms with Crippen molar-refractivity contribution in [2.24, 2.45) is 0 Å². The maximum atomic E-state index is 13.2. The van der Waals surface area contributed by atoms with Crippen LogP contribution in [0.5, 0.6) is 5.75 Å². The van der Waals surface area contributed by atoms with Crippen LogP contribution in [-0.4, -0.2) is 17.9 Å². The van der Waals surface area contributed by atoms with Crippen molar-refractivity contribution in [3.05, 3.63) is 71.9 Å². The molecule has 3 rings (SSSR count). The summed E-state index contributed by atoms with van der Waals surface area (Å²) in [6.07, 6.45) is 1.46. The second-order valence-electron chi connectivity index (χ2n) is 5.05. The monoisotopic (exact) mass is 326 g/mol. The molecule has 0 aliphatic heterocycles. The van der Waals surface area contributed by atoms with Crippen molar-refractivity contribution < 1.29 is 18.3 Å². The highest BCUT2D eigenvalue weighted by atomic mass is 19.1. The first-order valence-corrected chi connectivity index (χ1v) is 7.31. The molecule has 1 N–H and O–H groups in total. The fraction of sp³-hybridized carbons (Fsp3) is 0.111. The molecule has 1 aromatic heterocycles. The standard InChI is InChI=1S/C18H15FN2O3/c1-20-17(22)12-4-3-7-16(9-12)23-10-15-11-24-18(21-15)13-5-2-6-14(19)8-13/h2-9,11H,10H2,1H3,(H,20,22). The Balaban J connectivity index is 1.69. The first-order chi connectivity index (χ1) is 11.7. The number of rotatable bonds is 5. The van der Waals surface area contributed by atoms with E-state index in [1.807, 2.05) is 0 Å². The lowest BCUT2D eigenvalue weighted by Gasteiger charge is -2.05. The number of carbonyl (C=O) groups is 1. The maximum absolute atomic E-state index is 13.2. The number of benzene rings is 2. The zero-order chi connectivity index (χ0) is 16.9. The van der Waals surface area contributed by atoms with Gasteiger partial charge in [-0.05, 0) is 36.4 Å². The quantitative estimate of drug-likeness (QED) is 0.780. The van der Waals surface area contributed by atoms with Gasteiger partial charge in [0.1, 0.15) is 30.1 Å². The van der Waals surface area contributed by atoms with Gasteiger partial charge in [-0.2, -0.15) is 0 Å². The van der Waals surface area contributed by atoms with E-state index in [1.165, 1.54) is 18.4 Å². The van der Waals surface area contributed by atoms with Gasteiger partial charge in [0.2, 0.25) is 5.89 Å². The summed E-state index contributed by atoms with van der Waals surface area (Å²) in [5.74, 6) is 0.336. The second-order valence-corrected chi connectivity index (χ2v) is 5.05. The minimum atomic E-state index is -0.352. The van der Waals surface area contributed by atoms with Gasteiger partial charge in [-0.1, -0.05) is 12.1 Å². The lowest BCUT2D eigenvalue weighted by molar-refractivity contribution is 0.0962. The molecule has 0 unspecified atom stereocenters. The lowest BCUT2D eigenvalue weighted by Crippen LogP contribution is -2.17. The van der Waals surface area contributed by atoms with Crippen molar-refractivity contribution in [2.45, 2.75) is 6.61 Å². The van der Waals surface area contributed by atoms with Crippen LogP contribution in [0.1, 0.15) is 16.1 Å². The van der Waals surface area contributed by atoms with Crippen LogP contribution >= 0.6 is 0 Å². The Morgan fingerprint density at radius 1 is 1.25 bits per heavy atom. The van der Waals surface area contributed by atoms with E-state index in [2.05, 4.69) is 10.3 Å². The Labute approximate surface area is 138 Å². The molecule has 2 aromatic carbocycles. The van der Waals surface area contributed by atoms with E-state index >= 15 is 0 Å². The van der Waals surface area contributed by atoms with Crippen LogP contribution in [-0.2, 0) is 6.61 Å². The molecular formula is C18H15FN2O3. The molecule has 0 atom stereocenters. The van der Waals surface area contributed by atoms with Crippen molar-refractivity contribution in [3.63, 3.8) is 0 Å². The van der Waals surface area contributed by atoms with Gasteiger partial charge in [0.25, 0.3) is 5.91 Å². The van der Waals surface area contributed by atoms with Crippen LogP contribution in [0.2, 0.25) is 0 Å². The summed E-state index contributed by atoms with van der Waals surface area (Å²) in [6, 6.07) is 12.8. The van der Waals surface area contributed by atoms with E-state index in [-0.39, 0.29) is 18.3 Å². The number of hydrogen-bond acceptors (Lipinski definition) is 4. The number of nitrogens with zero attached hydrogens (tertiary/aromatic N) is 1. The number of ether oxygens (including phenoxy) is 1. The van der Waals surface area contributed by atoms with Crippen molar-refractivity contribution >= 4 is 5.91 Å². The molecule has 0 fully saturated rings. The highest BCUT2D eigenvalue weighted by molar-refractivity contribution is 5.94. The number of carbonyl (C=O) groups excluding carboxylic acids is 1. The first-order valence-electron chi connectivity index (χ1n) is 7.31. The second kappa shape index (κ2) is 6.95. The van der Waals surface area contributed by atoms with Gasteiger partial charge >= 0.3 is 0 Å². The van der Waals surface area contributed by atoms with Gasteiger partial charge in [0.05, 0.1) is 0 Å². The smallest absolute Gasteiger partial charge is 0.251 e. The predicted octanol–water partition coefficient (Wildman–Crippen LogP) is 3.42. The van der Waals surface area contributed by atoms with Gasteiger partial charge in [0.15, 0.2) is 0 Å². The molecule has 0 spiro atoms. The molecule has 1 heterocycles. The third kappa shape index (κ3) is 3.60. The zero-order valence-corrected chi connectivity index (χ0v) is 13.0. The fourth-order valence-electron chi connectivity index (χ4n) is 2.16. The lowest BCUT2D eigenvalue weighted by atomic mass is 10.2. The molecular weight excluding hydrogens is 311 g/mol. The van der Waals surface area contributed by atoms with Crippen molar-refractivity contribution in [1.82, 2.24) is 10.3 Å². The number of amides is 1. The maximum Gasteiger partial charge on any atom is 0.251 e. The molecule has 0 aliphatic rings. The minimum absolute atomic E-state index is 0.177. The topological polar surface area (TPSA) is 64.4 Å². The first kappa shape index (κ1) is 15.7. The molecule has 0 radical (unpaired) electrons. The van der Waals surface area contributed by atoms with Gasteiger partial charge in [-0.25, -0.2) is 9.37 Å². The number of oxazole rings is 1. The van der Waals surface area contributed by atoms with E-state index < -0.39 is 0 Å². The molecule has 6 heteroatoms. The highest BCUT2D eigenvalue weighted by Crippen LogP contribution is 2.20. The fourth-order valence-corrected chi connectivity index (χ4v) is 2.16.